The minimum atomic E-state index is -0.636. The molecule has 20 heavy (non-hydrogen) atoms. The first-order valence-corrected chi connectivity index (χ1v) is 7.19. The summed E-state index contributed by atoms with van der Waals surface area (Å²) in [5.41, 5.74) is 8.61. The van der Waals surface area contributed by atoms with E-state index in [9.17, 15) is 0 Å². The summed E-state index contributed by atoms with van der Waals surface area (Å²) in [6.45, 7) is 6.52. The van der Waals surface area contributed by atoms with E-state index in [2.05, 4.69) is 42.2 Å². The summed E-state index contributed by atoms with van der Waals surface area (Å²) in [5.74, 6) is 1.25. The number of hydrogen-bond donors (Lipinski definition) is 1. The predicted molar refractivity (Wildman–Crippen MR) is 77.3 cm³/mol. The van der Waals surface area contributed by atoms with Gasteiger partial charge >= 0.3 is 0 Å². The van der Waals surface area contributed by atoms with Gasteiger partial charge in [-0.2, -0.15) is 4.98 Å². The van der Waals surface area contributed by atoms with Crippen LogP contribution >= 0.6 is 0 Å². The molecule has 0 aliphatic heterocycles. The van der Waals surface area contributed by atoms with Crippen molar-refractivity contribution in [2.24, 2.45) is 5.73 Å². The minimum Gasteiger partial charge on any atom is -0.339 e. The summed E-state index contributed by atoms with van der Waals surface area (Å²) in [6, 6.07) is 8.36. The van der Waals surface area contributed by atoms with Gasteiger partial charge in [0.15, 0.2) is 5.82 Å². The first-order chi connectivity index (χ1) is 9.47. The monoisotopic (exact) mass is 271 g/mol. The first-order valence-electron chi connectivity index (χ1n) is 7.19. The van der Waals surface area contributed by atoms with Crippen LogP contribution in [-0.2, 0) is 17.4 Å². The Morgan fingerprint density at radius 2 is 1.90 bits per heavy atom. The Morgan fingerprint density at radius 3 is 2.55 bits per heavy atom. The number of aryl methyl sites for hydroxylation is 1. The molecule has 1 aromatic heterocycles. The SMILES string of the molecule is CCc1nc(C2(N)CCC(C)(C)c3ccccc32)no1. The van der Waals surface area contributed by atoms with E-state index in [1.54, 1.807) is 0 Å². The van der Waals surface area contributed by atoms with Gasteiger partial charge in [0.05, 0.1) is 0 Å². The highest BCUT2D eigenvalue weighted by Crippen LogP contribution is 2.45. The van der Waals surface area contributed by atoms with Crippen LogP contribution in [0.1, 0.15) is 56.5 Å². The maximum atomic E-state index is 6.70. The number of benzene rings is 1. The highest BCUT2D eigenvalue weighted by atomic mass is 16.5. The molecule has 3 rings (SSSR count). The molecule has 1 unspecified atom stereocenters. The van der Waals surface area contributed by atoms with Crippen molar-refractivity contribution >= 4 is 0 Å². The minimum absolute atomic E-state index is 0.136. The molecule has 0 saturated carbocycles. The van der Waals surface area contributed by atoms with E-state index in [1.807, 2.05) is 13.0 Å². The smallest absolute Gasteiger partial charge is 0.226 e. The van der Waals surface area contributed by atoms with Crippen LogP contribution in [0.4, 0.5) is 0 Å². The fraction of sp³-hybridized carbons (Fsp3) is 0.500. The van der Waals surface area contributed by atoms with Crippen LogP contribution in [0.2, 0.25) is 0 Å². The van der Waals surface area contributed by atoms with Crippen LogP contribution in [0.25, 0.3) is 0 Å². The van der Waals surface area contributed by atoms with Gasteiger partial charge in [0.1, 0.15) is 5.54 Å². The van der Waals surface area contributed by atoms with Crippen molar-refractivity contribution < 1.29 is 4.52 Å². The van der Waals surface area contributed by atoms with Crippen LogP contribution in [0.5, 0.6) is 0 Å². The van der Waals surface area contributed by atoms with E-state index in [0.717, 1.165) is 24.8 Å². The van der Waals surface area contributed by atoms with E-state index in [0.29, 0.717) is 11.7 Å². The maximum Gasteiger partial charge on any atom is 0.226 e. The summed E-state index contributed by atoms with van der Waals surface area (Å²) >= 11 is 0. The molecule has 1 aliphatic rings. The molecule has 4 nitrogen and oxygen atoms in total. The Labute approximate surface area is 119 Å². The lowest BCUT2D eigenvalue weighted by Gasteiger charge is -2.41. The van der Waals surface area contributed by atoms with E-state index in [4.69, 9.17) is 10.3 Å². The molecule has 0 spiro atoms. The second-order valence-corrected chi connectivity index (χ2v) is 6.27. The Morgan fingerprint density at radius 1 is 1.20 bits per heavy atom. The molecule has 0 bridgehead atoms. The van der Waals surface area contributed by atoms with Gasteiger partial charge in [-0.25, -0.2) is 0 Å². The molecule has 2 aromatic rings. The molecule has 0 amide bonds. The van der Waals surface area contributed by atoms with Gasteiger partial charge in [-0.15, -0.1) is 0 Å². The lowest BCUT2D eigenvalue weighted by Crippen LogP contribution is -2.46. The molecular formula is C16H21N3O. The van der Waals surface area contributed by atoms with Crippen molar-refractivity contribution in [1.82, 2.24) is 10.1 Å². The Balaban J connectivity index is 2.15. The third-order valence-corrected chi connectivity index (χ3v) is 4.45. The highest BCUT2D eigenvalue weighted by molar-refractivity contribution is 5.44. The maximum absolute atomic E-state index is 6.70. The van der Waals surface area contributed by atoms with E-state index in [1.165, 1.54) is 5.56 Å². The van der Waals surface area contributed by atoms with Gasteiger partial charge in [-0.1, -0.05) is 50.2 Å². The largest absolute Gasteiger partial charge is 0.339 e. The lowest BCUT2D eigenvalue weighted by atomic mass is 9.65. The van der Waals surface area contributed by atoms with E-state index < -0.39 is 5.54 Å². The van der Waals surface area contributed by atoms with Crippen molar-refractivity contribution in [3.63, 3.8) is 0 Å². The fourth-order valence-corrected chi connectivity index (χ4v) is 3.05. The van der Waals surface area contributed by atoms with Crippen LogP contribution in [-0.4, -0.2) is 10.1 Å². The summed E-state index contributed by atoms with van der Waals surface area (Å²) in [5, 5.41) is 4.12. The summed E-state index contributed by atoms with van der Waals surface area (Å²) < 4.78 is 5.26. The van der Waals surface area contributed by atoms with Gasteiger partial charge in [-0.05, 0) is 29.4 Å². The second kappa shape index (κ2) is 4.42. The van der Waals surface area contributed by atoms with Crippen LogP contribution in [0.15, 0.2) is 28.8 Å². The molecule has 106 valence electrons. The van der Waals surface area contributed by atoms with Gasteiger partial charge in [0.25, 0.3) is 0 Å². The highest BCUT2D eigenvalue weighted by Gasteiger charge is 2.44. The molecule has 2 N–H and O–H groups in total. The topological polar surface area (TPSA) is 64.9 Å². The number of aromatic nitrogens is 2. The molecule has 0 radical (unpaired) electrons. The van der Waals surface area contributed by atoms with E-state index in [-0.39, 0.29) is 5.41 Å². The third-order valence-electron chi connectivity index (χ3n) is 4.45. The quantitative estimate of drug-likeness (QED) is 0.912. The van der Waals surface area contributed by atoms with Crippen molar-refractivity contribution in [3.8, 4) is 0 Å². The molecule has 1 aromatic carbocycles. The Bertz CT molecular complexity index is 632. The van der Waals surface area contributed by atoms with E-state index >= 15 is 0 Å². The van der Waals surface area contributed by atoms with Gasteiger partial charge in [0, 0.05) is 6.42 Å². The van der Waals surface area contributed by atoms with Gasteiger partial charge < -0.3 is 10.3 Å². The predicted octanol–water partition coefficient (Wildman–Crippen LogP) is 2.91. The third kappa shape index (κ3) is 1.86. The lowest BCUT2D eigenvalue weighted by molar-refractivity contribution is 0.311. The van der Waals surface area contributed by atoms with Gasteiger partial charge in [-0.3, -0.25) is 0 Å². The van der Waals surface area contributed by atoms with Crippen molar-refractivity contribution in [1.29, 1.82) is 0 Å². The molecule has 0 saturated heterocycles. The molecule has 1 heterocycles. The van der Waals surface area contributed by atoms with Crippen molar-refractivity contribution in [3.05, 3.63) is 47.1 Å². The number of nitrogens with zero attached hydrogens (tertiary/aromatic N) is 2. The van der Waals surface area contributed by atoms with Crippen LogP contribution in [0.3, 0.4) is 0 Å². The van der Waals surface area contributed by atoms with Gasteiger partial charge in [0.2, 0.25) is 5.89 Å². The Kier molecular flexibility index (Phi) is 2.94. The molecule has 0 fully saturated rings. The zero-order chi connectivity index (χ0) is 14.4. The zero-order valence-corrected chi connectivity index (χ0v) is 12.3. The fourth-order valence-electron chi connectivity index (χ4n) is 3.05. The van der Waals surface area contributed by atoms with Crippen molar-refractivity contribution in [2.45, 2.75) is 51.0 Å². The normalized spacial score (nSPS) is 24.4. The standard InChI is InChI=1S/C16H21N3O/c1-4-13-18-14(19-20-13)16(17)10-9-15(2,3)11-7-5-6-8-12(11)16/h5-8H,4,9-10,17H2,1-3H3. The number of nitrogens with two attached hydrogens (primary N) is 1. The van der Waals surface area contributed by atoms with Crippen LogP contribution < -0.4 is 5.73 Å². The second-order valence-electron chi connectivity index (χ2n) is 6.27. The molecule has 4 heteroatoms. The van der Waals surface area contributed by atoms with Crippen LogP contribution in [0, 0.1) is 0 Å². The number of fused-ring (bicyclic) bond motifs is 1. The zero-order valence-electron chi connectivity index (χ0n) is 12.3. The molecule has 1 atom stereocenters. The Hall–Kier alpha value is -1.68. The number of hydrogen-bond acceptors (Lipinski definition) is 4. The average molecular weight is 271 g/mol. The molecule has 1 aliphatic carbocycles. The first kappa shape index (κ1) is 13.3. The summed E-state index contributed by atoms with van der Waals surface area (Å²) in [4.78, 5) is 4.47. The van der Waals surface area contributed by atoms with Crippen molar-refractivity contribution in [2.75, 3.05) is 0 Å². The average Bonchev–Trinajstić information content (AvgIpc) is 2.93. The molecular weight excluding hydrogens is 250 g/mol. The summed E-state index contributed by atoms with van der Waals surface area (Å²) in [7, 11) is 0. The summed E-state index contributed by atoms with van der Waals surface area (Å²) in [6.07, 6.45) is 2.58. The number of rotatable bonds is 2.